The quantitative estimate of drug-likeness (QED) is 0.537. The zero-order chi connectivity index (χ0) is 20.5. The summed E-state index contributed by atoms with van der Waals surface area (Å²) in [4.78, 5) is 13.6. The van der Waals surface area contributed by atoms with Crippen molar-refractivity contribution in [2.45, 2.75) is 45.3 Å². The third-order valence-corrected chi connectivity index (χ3v) is 6.30. The number of aromatic nitrogens is 1. The molecule has 0 unspecified atom stereocenters. The van der Waals surface area contributed by atoms with E-state index in [1.54, 1.807) is 11.3 Å². The molecule has 1 saturated heterocycles. The van der Waals surface area contributed by atoms with Crippen LogP contribution in [0.2, 0.25) is 0 Å². The minimum atomic E-state index is 0.666. The van der Waals surface area contributed by atoms with Crippen LogP contribution in [0, 0.1) is 0 Å². The molecule has 2 aromatic rings. The van der Waals surface area contributed by atoms with Crippen molar-refractivity contribution in [3.05, 3.63) is 46.5 Å². The van der Waals surface area contributed by atoms with Gasteiger partial charge in [0.1, 0.15) is 0 Å². The molecule has 1 fully saturated rings. The first kappa shape index (κ1) is 21.6. The van der Waals surface area contributed by atoms with Crippen LogP contribution in [0.15, 0.2) is 34.6 Å². The molecule has 0 atom stereocenters. The first-order valence-corrected chi connectivity index (χ1v) is 11.4. The summed E-state index contributed by atoms with van der Waals surface area (Å²) in [6, 6.07) is 8.75. The van der Waals surface area contributed by atoms with Gasteiger partial charge in [0.15, 0.2) is 11.1 Å². The van der Waals surface area contributed by atoms with Gasteiger partial charge in [-0.1, -0.05) is 37.1 Å². The van der Waals surface area contributed by atoms with Gasteiger partial charge >= 0.3 is 0 Å². The Morgan fingerprint density at radius 2 is 1.76 bits per heavy atom. The second-order valence-corrected chi connectivity index (χ2v) is 8.59. The maximum atomic E-state index is 4.61. The first-order chi connectivity index (χ1) is 14.2. The molecule has 0 aliphatic carbocycles. The lowest BCUT2D eigenvalue weighted by Crippen LogP contribution is -2.36. The Bertz CT molecular complexity index is 777. The predicted octanol–water partition coefficient (Wildman–Crippen LogP) is 3.45. The Hall–Kier alpha value is -2.12. The molecule has 29 heavy (non-hydrogen) atoms. The number of hydrogen-bond acceptors (Lipinski definition) is 5. The van der Waals surface area contributed by atoms with Crippen LogP contribution < -0.4 is 15.5 Å². The average molecular weight is 415 g/mol. The fraction of sp³-hybridized carbons (Fsp3) is 0.545. The molecular weight excluding hydrogens is 380 g/mol. The average Bonchev–Trinajstić information content (AvgIpc) is 3.06. The van der Waals surface area contributed by atoms with Crippen LogP contribution in [0.25, 0.3) is 0 Å². The second-order valence-electron chi connectivity index (χ2n) is 7.75. The minimum absolute atomic E-state index is 0.666. The van der Waals surface area contributed by atoms with Gasteiger partial charge in [0.05, 0.1) is 12.2 Å². The third kappa shape index (κ3) is 6.72. The van der Waals surface area contributed by atoms with E-state index in [0.29, 0.717) is 6.54 Å². The number of likely N-dealkylation sites (tertiary alicyclic amines) is 1. The van der Waals surface area contributed by atoms with Gasteiger partial charge in [-0.2, -0.15) is 0 Å². The summed E-state index contributed by atoms with van der Waals surface area (Å²) in [5.41, 5.74) is 3.78. The van der Waals surface area contributed by atoms with Gasteiger partial charge in [0, 0.05) is 39.6 Å². The Morgan fingerprint density at radius 1 is 1.07 bits per heavy atom. The molecule has 3 rings (SSSR count). The molecule has 0 saturated carbocycles. The summed E-state index contributed by atoms with van der Waals surface area (Å²) in [5.74, 6) is 0.800. The molecule has 0 spiro atoms. The molecule has 0 radical (unpaired) electrons. The first-order valence-electron chi connectivity index (χ1n) is 10.5. The molecule has 0 bridgehead atoms. The van der Waals surface area contributed by atoms with Crippen molar-refractivity contribution in [1.82, 2.24) is 20.5 Å². The fourth-order valence-electron chi connectivity index (χ4n) is 3.58. The van der Waals surface area contributed by atoms with Gasteiger partial charge in [-0.3, -0.25) is 9.89 Å². The van der Waals surface area contributed by atoms with Crippen LogP contribution in [0.4, 0.5) is 5.13 Å². The van der Waals surface area contributed by atoms with E-state index in [2.05, 4.69) is 55.2 Å². The van der Waals surface area contributed by atoms with Gasteiger partial charge in [-0.05, 0) is 37.1 Å². The number of hydrogen-bond donors (Lipinski definition) is 2. The monoisotopic (exact) mass is 414 g/mol. The number of rotatable bonds is 7. The third-order valence-electron chi connectivity index (χ3n) is 5.24. The lowest BCUT2D eigenvalue weighted by atomic mass is 10.1. The lowest BCUT2D eigenvalue weighted by molar-refractivity contribution is 0.276. The largest absolute Gasteiger partial charge is 0.354 e. The highest BCUT2D eigenvalue weighted by atomic mass is 32.1. The van der Waals surface area contributed by atoms with Crippen LogP contribution >= 0.6 is 11.3 Å². The maximum absolute atomic E-state index is 4.61. The summed E-state index contributed by atoms with van der Waals surface area (Å²) in [7, 11) is 5.84. The molecule has 6 nitrogen and oxygen atoms in total. The van der Waals surface area contributed by atoms with E-state index in [-0.39, 0.29) is 0 Å². The van der Waals surface area contributed by atoms with E-state index in [0.717, 1.165) is 29.9 Å². The van der Waals surface area contributed by atoms with E-state index in [9.17, 15) is 0 Å². The summed E-state index contributed by atoms with van der Waals surface area (Å²) in [6.07, 6.45) is 5.39. The van der Waals surface area contributed by atoms with Crippen molar-refractivity contribution in [2.75, 3.05) is 39.1 Å². The van der Waals surface area contributed by atoms with E-state index in [1.165, 1.54) is 49.9 Å². The van der Waals surface area contributed by atoms with Crippen molar-refractivity contribution in [3.8, 4) is 0 Å². The number of nitrogens with one attached hydrogen (secondary N) is 2. The molecule has 1 aliphatic rings. The van der Waals surface area contributed by atoms with Crippen LogP contribution in [-0.4, -0.2) is 50.1 Å². The second kappa shape index (κ2) is 11.2. The number of guanidine groups is 1. The predicted molar refractivity (Wildman–Crippen MR) is 124 cm³/mol. The molecule has 1 aromatic carbocycles. The fourth-order valence-corrected chi connectivity index (χ4v) is 4.33. The zero-order valence-electron chi connectivity index (χ0n) is 17.9. The van der Waals surface area contributed by atoms with Crippen LogP contribution in [0.5, 0.6) is 0 Å². The van der Waals surface area contributed by atoms with E-state index in [4.69, 9.17) is 0 Å². The number of aliphatic imine (C=N–C) groups is 1. The summed E-state index contributed by atoms with van der Waals surface area (Å²) >= 11 is 1.66. The number of thiazole rings is 1. The van der Waals surface area contributed by atoms with Gasteiger partial charge in [-0.15, -0.1) is 11.3 Å². The molecule has 1 aliphatic heterocycles. The van der Waals surface area contributed by atoms with Crippen molar-refractivity contribution in [2.24, 2.45) is 4.99 Å². The SMILES string of the molecule is CN=C(NCc1csc(N(C)C)n1)NCc1ccccc1CN1CCCCCC1. The standard InChI is InChI=1S/C22H34N6S/c1-23-21(25-15-20-17-29-22(26-20)27(2)3)24-14-18-10-6-7-11-19(18)16-28-12-8-4-5-9-13-28/h6-7,10-11,17H,4-5,8-9,12-16H2,1-3H3,(H2,23,24,25). The van der Waals surface area contributed by atoms with Gasteiger partial charge in [0.2, 0.25) is 0 Å². The van der Waals surface area contributed by atoms with Crippen molar-refractivity contribution in [1.29, 1.82) is 0 Å². The Balaban J connectivity index is 1.53. The van der Waals surface area contributed by atoms with Crippen molar-refractivity contribution < 1.29 is 0 Å². The Kier molecular flexibility index (Phi) is 8.31. The Morgan fingerprint density at radius 3 is 2.41 bits per heavy atom. The van der Waals surface area contributed by atoms with Gasteiger partial charge in [-0.25, -0.2) is 4.98 Å². The number of benzene rings is 1. The lowest BCUT2D eigenvalue weighted by Gasteiger charge is -2.22. The van der Waals surface area contributed by atoms with Crippen LogP contribution in [0.1, 0.15) is 42.5 Å². The van der Waals surface area contributed by atoms with Gasteiger partial charge < -0.3 is 15.5 Å². The maximum Gasteiger partial charge on any atom is 0.191 e. The molecule has 2 N–H and O–H groups in total. The van der Waals surface area contributed by atoms with Crippen LogP contribution in [-0.2, 0) is 19.6 Å². The molecule has 7 heteroatoms. The van der Waals surface area contributed by atoms with Crippen LogP contribution in [0.3, 0.4) is 0 Å². The minimum Gasteiger partial charge on any atom is -0.354 e. The highest BCUT2D eigenvalue weighted by molar-refractivity contribution is 7.13. The molecular formula is C22H34N6S. The van der Waals surface area contributed by atoms with E-state index < -0.39 is 0 Å². The highest BCUT2D eigenvalue weighted by Crippen LogP contribution is 2.18. The smallest absolute Gasteiger partial charge is 0.191 e. The summed E-state index contributed by atoms with van der Waals surface area (Å²) in [6.45, 7) is 4.90. The topological polar surface area (TPSA) is 55.8 Å². The zero-order valence-corrected chi connectivity index (χ0v) is 18.8. The summed E-state index contributed by atoms with van der Waals surface area (Å²) in [5, 5.41) is 9.94. The number of nitrogens with zero attached hydrogens (tertiary/aromatic N) is 4. The van der Waals surface area contributed by atoms with E-state index in [1.807, 2.05) is 26.0 Å². The highest BCUT2D eigenvalue weighted by Gasteiger charge is 2.12. The molecule has 1 aromatic heterocycles. The molecule has 0 amide bonds. The van der Waals surface area contributed by atoms with Gasteiger partial charge in [0.25, 0.3) is 0 Å². The van der Waals surface area contributed by atoms with Crippen molar-refractivity contribution in [3.63, 3.8) is 0 Å². The summed E-state index contributed by atoms with van der Waals surface area (Å²) < 4.78 is 0. The van der Waals surface area contributed by atoms with E-state index >= 15 is 0 Å². The normalized spacial score (nSPS) is 15.8. The molecule has 158 valence electrons. The molecule has 2 heterocycles. The Labute approximate surface area is 179 Å². The number of anilines is 1. The van der Waals surface area contributed by atoms with Crippen molar-refractivity contribution >= 4 is 22.4 Å².